The summed E-state index contributed by atoms with van der Waals surface area (Å²) in [7, 11) is 0. The summed E-state index contributed by atoms with van der Waals surface area (Å²) in [5.41, 5.74) is 0.888. The van der Waals surface area contributed by atoms with Gasteiger partial charge in [0.05, 0.1) is 24.8 Å². The molecular weight excluding hydrogens is 286 g/mol. The molecule has 3 heterocycles. The molecule has 2 saturated heterocycles. The van der Waals surface area contributed by atoms with Gasteiger partial charge in [0.15, 0.2) is 0 Å². The summed E-state index contributed by atoms with van der Waals surface area (Å²) in [6, 6.07) is 0. The van der Waals surface area contributed by atoms with Gasteiger partial charge in [0.25, 0.3) is 0 Å². The van der Waals surface area contributed by atoms with Crippen molar-refractivity contribution in [1.82, 2.24) is 15.2 Å². The summed E-state index contributed by atoms with van der Waals surface area (Å²) in [6.07, 6.45) is 5.33. The fourth-order valence-electron chi connectivity index (χ4n) is 2.89. The maximum atomic E-state index is 11.9. The normalized spacial score (nSPS) is 22.8. The second kappa shape index (κ2) is 7.33. The molecule has 2 aliphatic rings. The summed E-state index contributed by atoms with van der Waals surface area (Å²) in [5.74, 6) is 0.0449. The Morgan fingerprint density at radius 2 is 2.29 bits per heavy atom. The van der Waals surface area contributed by atoms with Gasteiger partial charge in [-0.25, -0.2) is 4.98 Å². The third-order valence-electron chi connectivity index (χ3n) is 4.05. The van der Waals surface area contributed by atoms with Crippen molar-refractivity contribution in [3.63, 3.8) is 0 Å². The molecule has 0 aliphatic carbocycles. The molecule has 0 saturated carbocycles. The van der Waals surface area contributed by atoms with Gasteiger partial charge < -0.3 is 10.1 Å². The highest BCUT2D eigenvalue weighted by Crippen LogP contribution is 2.16. The zero-order valence-corrected chi connectivity index (χ0v) is 13.2. The van der Waals surface area contributed by atoms with E-state index >= 15 is 0 Å². The van der Waals surface area contributed by atoms with E-state index in [2.05, 4.69) is 15.2 Å². The van der Waals surface area contributed by atoms with Crippen LogP contribution in [-0.2, 0) is 22.5 Å². The highest BCUT2D eigenvalue weighted by Gasteiger charge is 2.17. The van der Waals surface area contributed by atoms with Crippen LogP contribution < -0.4 is 5.32 Å². The van der Waals surface area contributed by atoms with E-state index in [9.17, 15) is 4.79 Å². The molecule has 0 bridgehead atoms. The summed E-state index contributed by atoms with van der Waals surface area (Å²) in [6.45, 7) is 4.74. The lowest BCUT2D eigenvalue weighted by Gasteiger charge is -2.11. The summed E-state index contributed by atoms with van der Waals surface area (Å²) in [5, 5.41) is 6.08. The number of nitrogens with one attached hydrogen (secondary N) is 1. The van der Waals surface area contributed by atoms with Crippen LogP contribution in [0.15, 0.2) is 5.38 Å². The number of aromatic nitrogens is 1. The standard InChI is InChI=1S/C15H23N3O2S/c19-14(16-9-13-4-3-7-20-13)8-12-11-21-15(17-12)10-18-5-1-2-6-18/h11,13H,1-10H2,(H,16,19). The van der Waals surface area contributed by atoms with Crippen molar-refractivity contribution >= 4 is 17.2 Å². The maximum Gasteiger partial charge on any atom is 0.226 e. The second-order valence-corrected chi connectivity index (χ2v) is 6.77. The number of likely N-dealkylation sites (tertiary alicyclic amines) is 1. The Balaban J connectivity index is 1.41. The molecule has 0 aromatic carbocycles. The molecule has 116 valence electrons. The number of thiazole rings is 1. The van der Waals surface area contributed by atoms with Gasteiger partial charge in [-0.1, -0.05) is 0 Å². The predicted octanol–water partition coefficient (Wildman–Crippen LogP) is 1.58. The molecule has 3 rings (SSSR count). The second-order valence-electron chi connectivity index (χ2n) is 5.83. The highest BCUT2D eigenvalue weighted by molar-refractivity contribution is 7.09. The van der Waals surface area contributed by atoms with Crippen LogP contribution in [0.2, 0.25) is 0 Å². The van der Waals surface area contributed by atoms with Crippen molar-refractivity contribution in [2.24, 2.45) is 0 Å². The minimum atomic E-state index is 0.0449. The summed E-state index contributed by atoms with van der Waals surface area (Å²) >= 11 is 1.66. The van der Waals surface area contributed by atoms with E-state index in [1.165, 1.54) is 25.9 Å². The van der Waals surface area contributed by atoms with Crippen LogP contribution in [0.4, 0.5) is 0 Å². The zero-order chi connectivity index (χ0) is 14.5. The highest BCUT2D eigenvalue weighted by atomic mass is 32.1. The molecule has 1 amide bonds. The van der Waals surface area contributed by atoms with Gasteiger partial charge in [0.2, 0.25) is 5.91 Å². The van der Waals surface area contributed by atoms with E-state index in [4.69, 9.17) is 4.74 Å². The molecule has 1 N–H and O–H groups in total. The number of hydrogen-bond donors (Lipinski definition) is 1. The van der Waals surface area contributed by atoms with Gasteiger partial charge in [-0.3, -0.25) is 9.69 Å². The smallest absolute Gasteiger partial charge is 0.226 e. The van der Waals surface area contributed by atoms with Crippen molar-refractivity contribution < 1.29 is 9.53 Å². The van der Waals surface area contributed by atoms with Crippen LogP contribution in [0.1, 0.15) is 36.4 Å². The Labute approximate surface area is 129 Å². The molecule has 21 heavy (non-hydrogen) atoms. The first-order valence-electron chi connectivity index (χ1n) is 7.83. The van der Waals surface area contributed by atoms with E-state index in [0.29, 0.717) is 13.0 Å². The van der Waals surface area contributed by atoms with Gasteiger partial charge in [-0.15, -0.1) is 11.3 Å². The quantitative estimate of drug-likeness (QED) is 0.867. The number of hydrogen-bond acceptors (Lipinski definition) is 5. The molecule has 6 heteroatoms. The third-order valence-corrected chi connectivity index (χ3v) is 4.93. The molecule has 2 aliphatic heterocycles. The molecule has 1 unspecified atom stereocenters. The largest absolute Gasteiger partial charge is 0.376 e. The van der Waals surface area contributed by atoms with Gasteiger partial charge in [0, 0.05) is 18.5 Å². The van der Waals surface area contributed by atoms with Crippen LogP contribution in [0, 0.1) is 0 Å². The number of nitrogens with zero attached hydrogens (tertiary/aromatic N) is 2. The maximum absolute atomic E-state index is 11.9. The number of ether oxygens (including phenoxy) is 1. The van der Waals surface area contributed by atoms with E-state index in [0.717, 1.165) is 36.7 Å². The molecule has 1 atom stereocenters. The average Bonchev–Trinajstić information content (AvgIpc) is 3.19. The van der Waals surface area contributed by atoms with Crippen LogP contribution in [0.3, 0.4) is 0 Å². The Kier molecular flexibility index (Phi) is 5.22. The summed E-state index contributed by atoms with van der Waals surface area (Å²) in [4.78, 5) is 18.9. The lowest BCUT2D eigenvalue weighted by molar-refractivity contribution is -0.121. The Hall–Kier alpha value is -0.980. The fourth-order valence-corrected chi connectivity index (χ4v) is 3.73. The number of carbonyl (C=O) groups excluding carboxylic acids is 1. The molecule has 0 radical (unpaired) electrons. The SMILES string of the molecule is O=C(Cc1csc(CN2CCCC2)n1)NCC1CCCO1. The van der Waals surface area contributed by atoms with Crippen LogP contribution in [-0.4, -0.2) is 48.1 Å². The van der Waals surface area contributed by atoms with Crippen molar-refractivity contribution in [3.05, 3.63) is 16.1 Å². The van der Waals surface area contributed by atoms with Gasteiger partial charge in [-0.05, 0) is 38.8 Å². The molecule has 2 fully saturated rings. The van der Waals surface area contributed by atoms with E-state index in [1.54, 1.807) is 11.3 Å². The first-order chi connectivity index (χ1) is 10.3. The number of amides is 1. The Morgan fingerprint density at radius 1 is 1.43 bits per heavy atom. The Morgan fingerprint density at radius 3 is 3.05 bits per heavy atom. The zero-order valence-electron chi connectivity index (χ0n) is 12.3. The average molecular weight is 309 g/mol. The fraction of sp³-hybridized carbons (Fsp3) is 0.733. The third kappa shape index (κ3) is 4.49. The predicted molar refractivity (Wildman–Crippen MR) is 82.3 cm³/mol. The monoisotopic (exact) mass is 309 g/mol. The number of rotatable bonds is 6. The summed E-state index contributed by atoms with van der Waals surface area (Å²) < 4.78 is 5.50. The Bertz CT molecular complexity index is 465. The molecular formula is C15H23N3O2S. The van der Waals surface area contributed by atoms with Gasteiger partial charge in [-0.2, -0.15) is 0 Å². The van der Waals surface area contributed by atoms with Crippen molar-refractivity contribution in [2.45, 2.75) is 44.8 Å². The number of carbonyl (C=O) groups is 1. The van der Waals surface area contributed by atoms with Gasteiger partial charge >= 0.3 is 0 Å². The van der Waals surface area contributed by atoms with E-state index in [1.807, 2.05) is 5.38 Å². The van der Waals surface area contributed by atoms with Crippen LogP contribution in [0.25, 0.3) is 0 Å². The van der Waals surface area contributed by atoms with Crippen molar-refractivity contribution in [2.75, 3.05) is 26.2 Å². The van der Waals surface area contributed by atoms with Crippen LogP contribution >= 0.6 is 11.3 Å². The lowest BCUT2D eigenvalue weighted by atomic mass is 10.2. The molecule has 0 spiro atoms. The first-order valence-corrected chi connectivity index (χ1v) is 8.71. The first kappa shape index (κ1) is 14.9. The van der Waals surface area contributed by atoms with E-state index in [-0.39, 0.29) is 12.0 Å². The molecule has 1 aromatic heterocycles. The van der Waals surface area contributed by atoms with Gasteiger partial charge in [0.1, 0.15) is 5.01 Å². The van der Waals surface area contributed by atoms with E-state index < -0.39 is 0 Å². The van der Waals surface area contributed by atoms with Crippen molar-refractivity contribution in [1.29, 1.82) is 0 Å². The molecule has 1 aromatic rings. The van der Waals surface area contributed by atoms with Crippen molar-refractivity contribution in [3.8, 4) is 0 Å². The minimum absolute atomic E-state index is 0.0449. The topological polar surface area (TPSA) is 54.5 Å². The molecule has 5 nitrogen and oxygen atoms in total. The lowest BCUT2D eigenvalue weighted by Crippen LogP contribution is -2.32. The van der Waals surface area contributed by atoms with Crippen LogP contribution in [0.5, 0.6) is 0 Å². The minimum Gasteiger partial charge on any atom is -0.376 e.